The number of aliphatic imine (C=N–C) groups is 1. The number of benzene rings is 1. The molecule has 0 radical (unpaired) electrons. The van der Waals surface area contributed by atoms with Crippen LogP contribution in [0, 0.1) is 0 Å². The maximum atomic E-state index is 12.0. The molecule has 0 aliphatic carbocycles. The predicted molar refractivity (Wildman–Crippen MR) is 85.8 cm³/mol. The minimum Gasteiger partial charge on any atom is -0.454 e. The largest absolute Gasteiger partial charge is 0.454 e. The van der Waals surface area contributed by atoms with E-state index in [1.807, 2.05) is 0 Å². The zero-order valence-corrected chi connectivity index (χ0v) is 13.2. The minimum atomic E-state index is -0.796. The highest BCUT2D eigenvalue weighted by atomic mass is 35.5. The molecule has 0 saturated heterocycles. The Hall–Kier alpha value is -2.34. The number of halogens is 1. The Bertz CT molecular complexity index is 635. The van der Waals surface area contributed by atoms with E-state index >= 15 is 0 Å². The van der Waals surface area contributed by atoms with E-state index in [1.165, 1.54) is 6.92 Å². The summed E-state index contributed by atoms with van der Waals surface area (Å²) in [5.74, 6) is -1.23. The van der Waals surface area contributed by atoms with Crippen LogP contribution in [0.1, 0.15) is 24.2 Å². The van der Waals surface area contributed by atoms with Gasteiger partial charge in [0.2, 0.25) is 5.78 Å². The van der Waals surface area contributed by atoms with Crippen molar-refractivity contribution in [1.29, 1.82) is 0 Å². The number of carbonyl (C=O) groups is 2. The van der Waals surface area contributed by atoms with Crippen LogP contribution in [-0.2, 0) is 9.53 Å². The fourth-order valence-electron chi connectivity index (χ4n) is 1.69. The lowest BCUT2D eigenvalue weighted by Crippen LogP contribution is -2.28. The molecule has 0 spiro atoms. The number of hydrogen-bond acceptors (Lipinski definition) is 5. The number of nitrogens with zero attached hydrogens (tertiary/aromatic N) is 1. The Morgan fingerprint density at radius 2 is 1.91 bits per heavy atom. The SMILES string of the molecule is CCN=C(N)C(C(=O)OCC(=O)c1ccccc1Cl)=C(C)N. The molecule has 7 heteroatoms. The highest BCUT2D eigenvalue weighted by Gasteiger charge is 2.20. The summed E-state index contributed by atoms with van der Waals surface area (Å²) in [7, 11) is 0. The van der Waals surface area contributed by atoms with Crippen molar-refractivity contribution in [3.8, 4) is 0 Å². The fraction of sp³-hybridized carbons (Fsp3) is 0.267. The molecular formula is C15H18ClN3O3. The molecule has 0 amide bonds. The lowest BCUT2D eigenvalue weighted by molar-refractivity contribution is -0.137. The van der Waals surface area contributed by atoms with Crippen molar-refractivity contribution in [1.82, 2.24) is 0 Å². The van der Waals surface area contributed by atoms with E-state index in [0.29, 0.717) is 11.6 Å². The van der Waals surface area contributed by atoms with Crippen LogP contribution in [0.15, 0.2) is 40.5 Å². The van der Waals surface area contributed by atoms with Gasteiger partial charge in [-0.2, -0.15) is 0 Å². The van der Waals surface area contributed by atoms with Crippen molar-refractivity contribution in [3.63, 3.8) is 0 Å². The molecule has 1 rings (SSSR count). The number of Topliss-reactive ketones (excluding diaryl/α,β-unsaturated/α-hetero) is 1. The molecule has 0 saturated carbocycles. The van der Waals surface area contributed by atoms with Gasteiger partial charge in [0.1, 0.15) is 11.4 Å². The van der Waals surface area contributed by atoms with Gasteiger partial charge in [0.25, 0.3) is 0 Å². The first-order valence-corrected chi connectivity index (χ1v) is 6.97. The third-order valence-corrected chi connectivity index (χ3v) is 3.02. The Morgan fingerprint density at radius 3 is 2.45 bits per heavy atom. The highest BCUT2D eigenvalue weighted by Crippen LogP contribution is 2.15. The molecule has 1 aromatic rings. The van der Waals surface area contributed by atoms with E-state index in [4.69, 9.17) is 27.8 Å². The second kappa shape index (κ2) is 8.19. The number of ketones is 1. The first kappa shape index (κ1) is 17.7. The zero-order chi connectivity index (χ0) is 16.7. The van der Waals surface area contributed by atoms with E-state index in [2.05, 4.69) is 4.99 Å². The second-order valence-corrected chi connectivity index (χ2v) is 4.80. The standard InChI is InChI=1S/C15H18ClN3O3/c1-3-19-14(18)13(9(2)17)15(21)22-8-12(20)10-6-4-5-7-11(10)16/h4-7H,3,8,17H2,1-2H3,(H2,18,19). The molecule has 22 heavy (non-hydrogen) atoms. The van der Waals surface area contributed by atoms with Gasteiger partial charge in [-0.25, -0.2) is 4.79 Å². The molecule has 0 heterocycles. The van der Waals surface area contributed by atoms with Gasteiger partial charge in [0.15, 0.2) is 6.61 Å². The van der Waals surface area contributed by atoms with Crippen LogP contribution in [0.3, 0.4) is 0 Å². The molecule has 0 unspecified atom stereocenters. The van der Waals surface area contributed by atoms with Gasteiger partial charge in [-0.3, -0.25) is 9.79 Å². The number of rotatable bonds is 6. The van der Waals surface area contributed by atoms with E-state index in [0.717, 1.165) is 0 Å². The van der Waals surface area contributed by atoms with Gasteiger partial charge in [-0.05, 0) is 26.0 Å². The molecule has 6 nitrogen and oxygen atoms in total. The summed E-state index contributed by atoms with van der Waals surface area (Å²) in [4.78, 5) is 27.9. The van der Waals surface area contributed by atoms with E-state index in [9.17, 15) is 9.59 Å². The summed E-state index contributed by atoms with van der Waals surface area (Å²) < 4.78 is 4.96. The van der Waals surface area contributed by atoms with Gasteiger partial charge < -0.3 is 16.2 Å². The molecule has 0 fully saturated rings. The van der Waals surface area contributed by atoms with Crippen LogP contribution < -0.4 is 11.5 Å². The number of allylic oxidation sites excluding steroid dienone is 1. The molecule has 1 aromatic carbocycles. The highest BCUT2D eigenvalue weighted by molar-refractivity contribution is 6.34. The van der Waals surface area contributed by atoms with E-state index in [-0.39, 0.29) is 22.7 Å². The van der Waals surface area contributed by atoms with Gasteiger partial charge in [-0.15, -0.1) is 0 Å². The van der Waals surface area contributed by atoms with Gasteiger partial charge in [0, 0.05) is 17.8 Å². The summed E-state index contributed by atoms with van der Waals surface area (Å²) >= 11 is 5.91. The summed E-state index contributed by atoms with van der Waals surface area (Å²) in [6.45, 7) is 3.21. The van der Waals surface area contributed by atoms with Crippen LogP contribution >= 0.6 is 11.6 Å². The molecule has 0 aliphatic heterocycles. The van der Waals surface area contributed by atoms with Crippen molar-refractivity contribution in [3.05, 3.63) is 46.1 Å². The Balaban J connectivity index is 2.81. The first-order chi connectivity index (χ1) is 10.4. The fourth-order valence-corrected chi connectivity index (χ4v) is 1.93. The number of hydrogen-bond donors (Lipinski definition) is 2. The first-order valence-electron chi connectivity index (χ1n) is 6.60. The normalized spacial score (nSPS) is 12.6. The Kier molecular flexibility index (Phi) is 6.59. The average molecular weight is 324 g/mol. The van der Waals surface area contributed by atoms with Gasteiger partial charge in [0.05, 0.1) is 5.02 Å². The van der Waals surface area contributed by atoms with Gasteiger partial charge in [-0.1, -0.05) is 23.7 Å². The summed E-state index contributed by atoms with van der Waals surface area (Å²) in [5.41, 5.74) is 11.7. The second-order valence-electron chi connectivity index (χ2n) is 4.40. The van der Waals surface area contributed by atoms with Crippen LogP contribution in [0.4, 0.5) is 0 Å². The molecule has 0 atom stereocenters. The number of esters is 1. The molecule has 118 valence electrons. The maximum Gasteiger partial charge on any atom is 0.344 e. The lowest BCUT2D eigenvalue weighted by atomic mass is 10.1. The predicted octanol–water partition coefficient (Wildman–Crippen LogP) is 1.68. The summed E-state index contributed by atoms with van der Waals surface area (Å²) in [5, 5.41) is 0.293. The molecule has 0 bridgehead atoms. The number of carbonyl (C=O) groups excluding carboxylic acids is 2. The number of ether oxygens (including phenoxy) is 1. The summed E-state index contributed by atoms with van der Waals surface area (Å²) in [6, 6.07) is 6.50. The molecule has 0 aromatic heterocycles. The quantitative estimate of drug-likeness (QED) is 0.272. The van der Waals surface area contributed by atoms with Crippen molar-refractivity contribution in [2.24, 2.45) is 16.5 Å². The number of nitrogens with two attached hydrogens (primary N) is 2. The monoisotopic (exact) mass is 323 g/mol. The van der Waals surface area contributed by atoms with Crippen LogP contribution in [0.5, 0.6) is 0 Å². The van der Waals surface area contributed by atoms with Crippen LogP contribution in [-0.4, -0.2) is 30.7 Å². The smallest absolute Gasteiger partial charge is 0.344 e. The van der Waals surface area contributed by atoms with E-state index in [1.54, 1.807) is 31.2 Å². The van der Waals surface area contributed by atoms with Crippen LogP contribution in [0.25, 0.3) is 0 Å². The average Bonchev–Trinajstić information content (AvgIpc) is 2.45. The topological polar surface area (TPSA) is 108 Å². The lowest BCUT2D eigenvalue weighted by Gasteiger charge is -2.09. The van der Waals surface area contributed by atoms with Crippen LogP contribution in [0.2, 0.25) is 5.02 Å². The molecule has 0 aliphatic rings. The van der Waals surface area contributed by atoms with E-state index < -0.39 is 18.4 Å². The van der Waals surface area contributed by atoms with Crippen molar-refractivity contribution in [2.45, 2.75) is 13.8 Å². The Morgan fingerprint density at radius 1 is 1.27 bits per heavy atom. The maximum absolute atomic E-state index is 12.0. The third kappa shape index (κ3) is 4.60. The molecular weight excluding hydrogens is 306 g/mol. The van der Waals surface area contributed by atoms with Gasteiger partial charge >= 0.3 is 5.97 Å². The van der Waals surface area contributed by atoms with Crippen molar-refractivity contribution in [2.75, 3.05) is 13.2 Å². The number of amidine groups is 1. The zero-order valence-electron chi connectivity index (χ0n) is 12.4. The minimum absolute atomic E-state index is 0.0160. The van der Waals surface area contributed by atoms with Crippen molar-refractivity contribution < 1.29 is 14.3 Å². The molecule has 4 N–H and O–H groups in total. The van der Waals surface area contributed by atoms with Crippen molar-refractivity contribution >= 4 is 29.2 Å². The third-order valence-electron chi connectivity index (χ3n) is 2.69. The Labute approximate surface area is 133 Å². The summed E-state index contributed by atoms with van der Waals surface area (Å²) in [6.07, 6.45) is 0.